The van der Waals surface area contributed by atoms with Gasteiger partial charge in [0.05, 0.1) is 0 Å². The zero-order chi connectivity index (χ0) is 9.14. The van der Waals surface area contributed by atoms with Gasteiger partial charge in [-0.05, 0) is 12.3 Å². The Balaban J connectivity index is 2.42. The van der Waals surface area contributed by atoms with Crippen LogP contribution >= 0.6 is 0 Å². The first-order chi connectivity index (χ1) is 5.66. The van der Waals surface area contributed by atoms with Crippen molar-refractivity contribution in [1.29, 1.82) is 0 Å². The van der Waals surface area contributed by atoms with Crippen LogP contribution in [0.4, 0.5) is 0 Å². The zero-order valence-electron chi connectivity index (χ0n) is 8.34. The Hall–Kier alpha value is -0.530. The van der Waals surface area contributed by atoms with Crippen molar-refractivity contribution in [3.05, 3.63) is 0 Å². The molecule has 0 radical (unpaired) electrons. The number of unbranched alkanes of at least 4 members (excludes halogenated alkanes) is 1. The summed E-state index contributed by atoms with van der Waals surface area (Å²) in [4.78, 5) is 13.6. The Bertz CT molecular complexity index is 167. The molecule has 1 aliphatic heterocycles. The van der Waals surface area contributed by atoms with E-state index in [-0.39, 0.29) is 5.92 Å². The average molecular weight is 169 g/mol. The highest BCUT2D eigenvalue weighted by Gasteiger charge is 2.33. The van der Waals surface area contributed by atoms with E-state index in [2.05, 4.69) is 13.8 Å². The average Bonchev–Trinajstić information content (AvgIpc) is 2.30. The molecule has 1 saturated heterocycles. The summed E-state index contributed by atoms with van der Waals surface area (Å²) in [6.07, 6.45) is 2.32. The number of rotatable bonds is 3. The first-order valence-electron chi connectivity index (χ1n) is 4.95. The van der Waals surface area contributed by atoms with E-state index in [1.54, 1.807) is 0 Å². The van der Waals surface area contributed by atoms with Crippen LogP contribution in [-0.4, -0.2) is 23.9 Å². The number of hydrogen-bond donors (Lipinski definition) is 0. The molecule has 0 spiro atoms. The summed E-state index contributed by atoms with van der Waals surface area (Å²) >= 11 is 0. The van der Waals surface area contributed by atoms with E-state index < -0.39 is 0 Å². The maximum atomic E-state index is 11.5. The molecule has 2 heteroatoms. The Morgan fingerprint density at radius 2 is 2.17 bits per heavy atom. The zero-order valence-corrected chi connectivity index (χ0v) is 8.34. The van der Waals surface area contributed by atoms with Crippen molar-refractivity contribution in [2.75, 3.05) is 13.1 Å². The fourth-order valence-electron chi connectivity index (χ4n) is 1.68. The van der Waals surface area contributed by atoms with Gasteiger partial charge >= 0.3 is 0 Å². The molecule has 0 saturated carbocycles. The van der Waals surface area contributed by atoms with Crippen molar-refractivity contribution < 1.29 is 4.79 Å². The molecule has 1 fully saturated rings. The molecule has 0 aliphatic carbocycles. The highest BCUT2D eigenvalue weighted by molar-refractivity contribution is 5.80. The molecule has 2 nitrogen and oxygen atoms in total. The van der Waals surface area contributed by atoms with Crippen molar-refractivity contribution in [2.24, 2.45) is 11.8 Å². The van der Waals surface area contributed by atoms with Crippen LogP contribution in [0.2, 0.25) is 0 Å². The highest BCUT2D eigenvalue weighted by atomic mass is 16.2. The van der Waals surface area contributed by atoms with Crippen LogP contribution in [-0.2, 0) is 4.79 Å². The summed E-state index contributed by atoms with van der Waals surface area (Å²) in [6, 6.07) is 0. The third-order valence-corrected chi connectivity index (χ3v) is 2.84. The van der Waals surface area contributed by atoms with Crippen molar-refractivity contribution in [3.8, 4) is 0 Å². The molecule has 1 amide bonds. The van der Waals surface area contributed by atoms with Crippen LogP contribution in [0, 0.1) is 11.8 Å². The van der Waals surface area contributed by atoms with E-state index in [9.17, 15) is 4.79 Å². The normalized spacial score (nSPS) is 29.9. The SMILES string of the molecule is CCCCN1C[C@H](C)[C@H](C)C1=O. The Kier molecular flexibility index (Phi) is 3.12. The van der Waals surface area contributed by atoms with Gasteiger partial charge < -0.3 is 4.90 Å². The van der Waals surface area contributed by atoms with Gasteiger partial charge in [-0.25, -0.2) is 0 Å². The maximum absolute atomic E-state index is 11.5. The second-order valence-corrected chi connectivity index (χ2v) is 3.90. The smallest absolute Gasteiger partial charge is 0.225 e. The summed E-state index contributed by atoms with van der Waals surface area (Å²) in [6.45, 7) is 8.30. The van der Waals surface area contributed by atoms with Crippen LogP contribution in [0.5, 0.6) is 0 Å². The summed E-state index contributed by atoms with van der Waals surface area (Å²) in [7, 11) is 0. The molecule has 0 aromatic heterocycles. The number of amides is 1. The van der Waals surface area contributed by atoms with Crippen molar-refractivity contribution in [1.82, 2.24) is 4.90 Å². The topological polar surface area (TPSA) is 20.3 Å². The molecule has 70 valence electrons. The van der Waals surface area contributed by atoms with E-state index in [0.717, 1.165) is 19.5 Å². The van der Waals surface area contributed by atoms with Crippen molar-refractivity contribution >= 4 is 5.91 Å². The van der Waals surface area contributed by atoms with Crippen LogP contribution in [0.1, 0.15) is 33.6 Å². The van der Waals surface area contributed by atoms with E-state index in [0.29, 0.717) is 11.8 Å². The summed E-state index contributed by atoms with van der Waals surface area (Å²) in [5.74, 6) is 1.16. The quantitative estimate of drug-likeness (QED) is 0.632. The molecule has 0 aromatic rings. The Morgan fingerprint density at radius 3 is 2.58 bits per heavy atom. The number of nitrogens with zero attached hydrogens (tertiary/aromatic N) is 1. The van der Waals surface area contributed by atoms with Crippen molar-refractivity contribution in [3.63, 3.8) is 0 Å². The van der Waals surface area contributed by atoms with Crippen LogP contribution in [0.3, 0.4) is 0 Å². The van der Waals surface area contributed by atoms with Crippen LogP contribution in [0.15, 0.2) is 0 Å². The fourth-order valence-corrected chi connectivity index (χ4v) is 1.68. The molecule has 0 bridgehead atoms. The molecule has 0 unspecified atom stereocenters. The molecule has 0 aromatic carbocycles. The minimum absolute atomic E-state index is 0.252. The minimum Gasteiger partial charge on any atom is -0.342 e. The van der Waals surface area contributed by atoms with E-state index in [1.807, 2.05) is 11.8 Å². The van der Waals surface area contributed by atoms with E-state index >= 15 is 0 Å². The lowest BCUT2D eigenvalue weighted by Gasteiger charge is -2.14. The summed E-state index contributed by atoms with van der Waals surface area (Å²) in [5.41, 5.74) is 0. The van der Waals surface area contributed by atoms with Gasteiger partial charge in [-0.15, -0.1) is 0 Å². The van der Waals surface area contributed by atoms with Gasteiger partial charge in [0.2, 0.25) is 5.91 Å². The fraction of sp³-hybridized carbons (Fsp3) is 0.900. The molecule has 1 rings (SSSR count). The lowest BCUT2D eigenvalue weighted by Crippen LogP contribution is -2.27. The van der Waals surface area contributed by atoms with Gasteiger partial charge in [0.25, 0.3) is 0 Å². The third kappa shape index (κ3) is 1.79. The van der Waals surface area contributed by atoms with E-state index in [1.165, 1.54) is 6.42 Å². The van der Waals surface area contributed by atoms with Gasteiger partial charge in [-0.1, -0.05) is 27.2 Å². The van der Waals surface area contributed by atoms with Gasteiger partial charge in [-0.3, -0.25) is 4.79 Å². The molecule has 1 aliphatic rings. The second-order valence-electron chi connectivity index (χ2n) is 3.90. The predicted octanol–water partition coefficient (Wildman–Crippen LogP) is 1.90. The number of carbonyl (C=O) groups excluding carboxylic acids is 1. The number of hydrogen-bond acceptors (Lipinski definition) is 1. The van der Waals surface area contributed by atoms with Gasteiger partial charge in [0, 0.05) is 19.0 Å². The largest absolute Gasteiger partial charge is 0.342 e. The third-order valence-electron chi connectivity index (χ3n) is 2.84. The molecule has 12 heavy (non-hydrogen) atoms. The van der Waals surface area contributed by atoms with Crippen LogP contribution < -0.4 is 0 Å². The predicted molar refractivity (Wildman–Crippen MR) is 49.8 cm³/mol. The summed E-state index contributed by atoms with van der Waals surface area (Å²) in [5, 5.41) is 0. The molecular formula is C10H19NO. The lowest BCUT2D eigenvalue weighted by atomic mass is 10.0. The molecule has 0 N–H and O–H groups in total. The minimum atomic E-state index is 0.252. The maximum Gasteiger partial charge on any atom is 0.225 e. The first kappa shape index (κ1) is 9.56. The summed E-state index contributed by atoms with van der Waals surface area (Å²) < 4.78 is 0. The molecule has 1 heterocycles. The second kappa shape index (κ2) is 3.92. The molecule has 2 atom stereocenters. The highest BCUT2D eigenvalue weighted by Crippen LogP contribution is 2.23. The standard InChI is InChI=1S/C10H19NO/c1-4-5-6-11-7-8(2)9(3)10(11)12/h8-9H,4-7H2,1-3H3/t8-,9-/m0/s1. The van der Waals surface area contributed by atoms with Crippen molar-refractivity contribution in [2.45, 2.75) is 33.6 Å². The number of carbonyl (C=O) groups is 1. The Morgan fingerprint density at radius 1 is 1.50 bits per heavy atom. The lowest BCUT2D eigenvalue weighted by molar-refractivity contribution is -0.130. The molecular weight excluding hydrogens is 150 g/mol. The van der Waals surface area contributed by atoms with Gasteiger partial charge in [-0.2, -0.15) is 0 Å². The first-order valence-corrected chi connectivity index (χ1v) is 4.95. The number of likely N-dealkylation sites (tertiary alicyclic amines) is 1. The van der Waals surface area contributed by atoms with Gasteiger partial charge in [0.15, 0.2) is 0 Å². The van der Waals surface area contributed by atoms with Crippen LogP contribution in [0.25, 0.3) is 0 Å². The van der Waals surface area contributed by atoms with E-state index in [4.69, 9.17) is 0 Å². The van der Waals surface area contributed by atoms with Gasteiger partial charge in [0.1, 0.15) is 0 Å². The Labute approximate surface area is 74.9 Å². The monoisotopic (exact) mass is 169 g/mol.